The van der Waals surface area contributed by atoms with Crippen LogP contribution in [-0.2, 0) is 15.2 Å². The zero-order chi connectivity index (χ0) is 18.8. The summed E-state index contributed by atoms with van der Waals surface area (Å²) < 4.78 is 9.83. The first-order chi connectivity index (χ1) is 12.6. The Morgan fingerprint density at radius 2 is 2.00 bits per heavy atom. The number of thiophene rings is 1. The Bertz CT molecular complexity index is 732. The van der Waals surface area contributed by atoms with E-state index in [0.29, 0.717) is 17.3 Å². The number of rotatable bonds is 9. The minimum Gasteiger partial charge on any atom is -0.446 e. The summed E-state index contributed by atoms with van der Waals surface area (Å²) in [7, 11) is 1.54. The minimum atomic E-state index is -0.619. The molecular weight excluding hydrogens is 392 g/mol. The van der Waals surface area contributed by atoms with Gasteiger partial charge >= 0.3 is 6.09 Å². The molecule has 0 fully saturated rings. The maximum atomic E-state index is 11.8. The summed E-state index contributed by atoms with van der Waals surface area (Å²) >= 11 is 9.50. The van der Waals surface area contributed by atoms with E-state index in [2.05, 4.69) is 23.5 Å². The molecule has 1 heterocycles. The molecule has 1 amide bonds. The monoisotopic (exact) mass is 412 g/mol. The Labute approximate surface area is 166 Å². The highest BCUT2D eigenvalue weighted by molar-refractivity contribution is 7.98. The van der Waals surface area contributed by atoms with Crippen LogP contribution in [0.3, 0.4) is 0 Å². The average Bonchev–Trinajstić information content (AvgIpc) is 3.10. The van der Waals surface area contributed by atoms with Crippen molar-refractivity contribution in [3.8, 4) is 0 Å². The van der Waals surface area contributed by atoms with Gasteiger partial charge in [-0.1, -0.05) is 30.7 Å². The normalized spacial score (nSPS) is 11.4. The van der Waals surface area contributed by atoms with Gasteiger partial charge in [0.15, 0.2) is 0 Å². The van der Waals surface area contributed by atoms with Crippen LogP contribution in [0.15, 0.2) is 41.5 Å². The highest BCUT2D eigenvalue weighted by Gasteiger charge is 2.12. The van der Waals surface area contributed by atoms with Gasteiger partial charge in [-0.05, 0) is 30.0 Å². The summed E-state index contributed by atoms with van der Waals surface area (Å²) in [6.45, 7) is 2.65. The van der Waals surface area contributed by atoms with Crippen molar-refractivity contribution < 1.29 is 14.3 Å². The van der Waals surface area contributed by atoms with Crippen LogP contribution >= 0.6 is 34.7 Å². The standard InChI is InChI=1S/C18H21ClN2O3S2/c1-3-25-12-15-8-9-16(26-15)17(13-4-6-14(19)7-5-13)20-21-18(22)24-11-10-23-2/h4-9H,3,10-12H2,1-2H3,(H,21,22). The maximum absolute atomic E-state index is 11.8. The quantitative estimate of drug-likeness (QED) is 0.366. The fourth-order valence-corrected chi connectivity index (χ4v) is 3.93. The average molecular weight is 413 g/mol. The van der Waals surface area contributed by atoms with Crippen molar-refractivity contribution in [3.63, 3.8) is 0 Å². The molecule has 2 rings (SSSR count). The first-order valence-corrected chi connectivity index (χ1v) is 10.4. The van der Waals surface area contributed by atoms with Crippen molar-refractivity contribution in [2.24, 2.45) is 5.10 Å². The van der Waals surface area contributed by atoms with Crippen molar-refractivity contribution >= 4 is 46.5 Å². The molecule has 0 aliphatic carbocycles. The third-order valence-electron chi connectivity index (χ3n) is 3.24. The van der Waals surface area contributed by atoms with Crippen LogP contribution in [0.4, 0.5) is 4.79 Å². The van der Waals surface area contributed by atoms with E-state index in [0.717, 1.165) is 21.9 Å². The van der Waals surface area contributed by atoms with E-state index in [1.54, 1.807) is 30.6 Å². The smallest absolute Gasteiger partial charge is 0.427 e. The molecule has 0 saturated carbocycles. The summed E-state index contributed by atoms with van der Waals surface area (Å²) in [6, 6.07) is 11.4. The van der Waals surface area contributed by atoms with Gasteiger partial charge in [-0.3, -0.25) is 0 Å². The molecule has 26 heavy (non-hydrogen) atoms. The van der Waals surface area contributed by atoms with Crippen LogP contribution in [0.25, 0.3) is 0 Å². The zero-order valence-electron chi connectivity index (χ0n) is 14.7. The van der Waals surface area contributed by atoms with Crippen molar-refractivity contribution in [1.29, 1.82) is 0 Å². The molecular formula is C18H21ClN2O3S2. The Morgan fingerprint density at radius 1 is 1.23 bits per heavy atom. The van der Waals surface area contributed by atoms with E-state index in [1.807, 2.05) is 30.0 Å². The van der Waals surface area contributed by atoms with Crippen LogP contribution in [-0.4, -0.2) is 37.9 Å². The lowest BCUT2D eigenvalue weighted by Gasteiger charge is -2.07. The number of ether oxygens (including phenoxy) is 2. The molecule has 5 nitrogen and oxygen atoms in total. The lowest BCUT2D eigenvalue weighted by Crippen LogP contribution is -2.22. The molecule has 0 spiro atoms. The zero-order valence-corrected chi connectivity index (χ0v) is 17.0. The van der Waals surface area contributed by atoms with Crippen LogP contribution in [0.5, 0.6) is 0 Å². The number of nitrogens with one attached hydrogen (secondary N) is 1. The van der Waals surface area contributed by atoms with Gasteiger partial charge < -0.3 is 9.47 Å². The summed E-state index contributed by atoms with van der Waals surface area (Å²) in [5.74, 6) is 2.03. The predicted octanol–water partition coefficient (Wildman–Crippen LogP) is 4.78. The second kappa shape index (κ2) is 11.2. The number of thioether (sulfide) groups is 1. The number of hydrogen-bond acceptors (Lipinski definition) is 6. The Morgan fingerprint density at radius 3 is 2.69 bits per heavy atom. The number of hydrazone groups is 1. The molecule has 0 aliphatic rings. The van der Waals surface area contributed by atoms with Gasteiger partial charge in [-0.2, -0.15) is 16.9 Å². The molecule has 140 valence electrons. The number of benzene rings is 1. The van der Waals surface area contributed by atoms with Gasteiger partial charge in [0, 0.05) is 28.3 Å². The number of carbonyl (C=O) groups excluding carboxylic acids is 1. The number of hydrogen-bond donors (Lipinski definition) is 1. The summed E-state index contributed by atoms with van der Waals surface area (Å²) in [5.41, 5.74) is 3.98. The molecule has 1 N–H and O–H groups in total. The van der Waals surface area contributed by atoms with Crippen LogP contribution in [0.1, 0.15) is 22.2 Å². The van der Waals surface area contributed by atoms with E-state index >= 15 is 0 Å². The van der Waals surface area contributed by atoms with Crippen LogP contribution < -0.4 is 5.43 Å². The summed E-state index contributed by atoms with van der Waals surface area (Å²) in [4.78, 5) is 14.0. The molecule has 1 aromatic heterocycles. The number of methoxy groups -OCH3 is 1. The van der Waals surface area contributed by atoms with Crippen molar-refractivity contribution in [2.45, 2.75) is 12.7 Å². The first-order valence-electron chi connectivity index (χ1n) is 8.06. The second-order valence-electron chi connectivity index (χ2n) is 5.11. The van der Waals surface area contributed by atoms with Gasteiger partial charge in [0.25, 0.3) is 0 Å². The summed E-state index contributed by atoms with van der Waals surface area (Å²) in [6.07, 6.45) is -0.619. The lowest BCUT2D eigenvalue weighted by atomic mass is 10.1. The van der Waals surface area contributed by atoms with E-state index in [9.17, 15) is 4.79 Å². The molecule has 0 bridgehead atoms. The number of nitrogens with zero attached hydrogens (tertiary/aromatic N) is 1. The third kappa shape index (κ3) is 6.64. The van der Waals surface area contributed by atoms with E-state index in [1.165, 1.54) is 4.88 Å². The predicted molar refractivity (Wildman–Crippen MR) is 110 cm³/mol. The SMILES string of the molecule is CCSCc1ccc(C(=NNC(=O)OCCOC)c2ccc(Cl)cc2)s1. The molecule has 0 radical (unpaired) electrons. The molecule has 0 aliphatic heterocycles. The molecule has 2 aromatic rings. The van der Waals surface area contributed by atoms with Gasteiger partial charge in [-0.15, -0.1) is 11.3 Å². The molecule has 0 atom stereocenters. The number of halogens is 1. The largest absolute Gasteiger partial charge is 0.446 e. The van der Waals surface area contributed by atoms with Crippen molar-refractivity contribution in [2.75, 3.05) is 26.1 Å². The summed E-state index contributed by atoms with van der Waals surface area (Å²) in [5, 5.41) is 4.92. The minimum absolute atomic E-state index is 0.172. The molecule has 1 aromatic carbocycles. The van der Waals surface area contributed by atoms with E-state index in [4.69, 9.17) is 21.1 Å². The van der Waals surface area contributed by atoms with Gasteiger partial charge in [-0.25, -0.2) is 10.2 Å². The Kier molecular flexibility index (Phi) is 8.97. The van der Waals surface area contributed by atoms with Gasteiger partial charge in [0.1, 0.15) is 12.3 Å². The number of carbonyl (C=O) groups is 1. The van der Waals surface area contributed by atoms with Crippen molar-refractivity contribution in [1.82, 2.24) is 5.43 Å². The number of amides is 1. The van der Waals surface area contributed by atoms with E-state index in [-0.39, 0.29) is 6.61 Å². The second-order valence-corrected chi connectivity index (χ2v) is 7.99. The van der Waals surface area contributed by atoms with E-state index < -0.39 is 6.09 Å². The van der Waals surface area contributed by atoms with Crippen molar-refractivity contribution in [3.05, 3.63) is 56.7 Å². The molecule has 8 heteroatoms. The van der Waals surface area contributed by atoms with Crippen LogP contribution in [0, 0.1) is 0 Å². The topological polar surface area (TPSA) is 59.9 Å². The van der Waals surface area contributed by atoms with Crippen LogP contribution in [0.2, 0.25) is 5.02 Å². The highest BCUT2D eigenvalue weighted by Crippen LogP contribution is 2.25. The fourth-order valence-electron chi connectivity index (χ4n) is 2.01. The third-order valence-corrected chi connectivity index (χ3v) is 5.69. The Hall–Kier alpha value is -1.54. The Balaban J connectivity index is 2.19. The lowest BCUT2D eigenvalue weighted by molar-refractivity contribution is 0.0988. The van der Waals surface area contributed by atoms with Gasteiger partial charge in [0.2, 0.25) is 0 Å². The molecule has 0 unspecified atom stereocenters. The maximum Gasteiger partial charge on any atom is 0.427 e. The van der Waals surface area contributed by atoms with Gasteiger partial charge in [0.05, 0.1) is 11.5 Å². The highest BCUT2D eigenvalue weighted by atomic mass is 35.5. The fraction of sp³-hybridized carbons (Fsp3) is 0.333. The molecule has 0 saturated heterocycles. The first kappa shape index (κ1) is 20.8.